The molecule has 0 atom stereocenters. The minimum atomic E-state index is -2.93. The molecule has 5 rings (SSSR count). The number of aromatic hydroxyl groups is 1. The summed E-state index contributed by atoms with van der Waals surface area (Å²) in [7, 11) is 2.13. The molecule has 49 heavy (non-hydrogen) atoms. The zero-order chi connectivity index (χ0) is 35.0. The molecule has 0 heterocycles. The molecule has 0 unspecified atom stereocenters. The predicted molar refractivity (Wildman–Crippen MR) is 207 cm³/mol. The third kappa shape index (κ3) is 7.23. The van der Waals surface area contributed by atoms with Crippen molar-refractivity contribution in [3.8, 4) is 39.9 Å². The van der Waals surface area contributed by atoms with Crippen LogP contribution in [0.4, 0.5) is 0 Å². The second kappa shape index (κ2) is 15.5. The van der Waals surface area contributed by atoms with Gasteiger partial charge in [-0.25, -0.2) is 0 Å². The maximum atomic E-state index is 11.1. The predicted octanol–water partition coefficient (Wildman–Crippen LogP) is 8.43. The van der Waals surface area contributed by atoms with Gasteiger partial charge in [-0.15, -0.1) is 0 Å². The van der Waals surface area contributed by atoms with E-state index in [2.05, 4.69) is 75.5 Å². The van der Waals surface area contributed by atoms with Crippen molar-refractivity contribution in [2.75, 3.05) is 27.9 Å². The zero-order valence-corrected chi connectivity index (χ0v) is 30.2. The van der Waals surface area contributed by atoms with E-state index in [0.717, 1.165) is 39.5 Å². The summed E-state index contributed by atoms with van der Waals surface area (Å²) in [5.41, 5.74) is 3.71. The van der Waals surface area contributed by atoms with Gasteiger partial charge in [-0.2, -0.15) is 0 Å². The summed E-state index contributed by atoms with van der Waals surface area (Å²) in [6.45, 7) is 12.8. The van der Waals surface area contributed by atoms with Crippen molar-refractivity contribution in [2.45, 2.75) is 31.8 Å². The molecule has 0 aliphatic rings. The van der Waals surface area contributed by atoms with E-state index in [1.165, 1.54) is 15.9 Å². The van der Waals surface area contributed by atoms with Crippen LogP contribution in [-0.2, 0) is 12.8 Å². The molecule has 1 N–H and O–H groups in total. The van der Waals surface area contributed by atoms with Crippen molar-refractivity contribution < 1.29 is 24.1 Å². The van der Waals surface area contributed by atoms with E-state index in [-0.39, 0.29) is 5.75 Å². The first-order valence-electron chi connectivity index (χ1n) is 16.4. The third-order valence-corrected chi connectivity index (χ3v) is 15.1. The van der Waals surface area contributed by atoms with Gasteiger partial charge >= 0.3 is 293 Å². The Hall–Kier alpha value is -4.99. The van der Waals surface area contributed by atoms with Gasteiger partial charge in [-0.1, -0.05) is 0 Å². The fourth-order valence-electron chi connectivity index (χ4n) is 6.86. The molecular weight excluding hydrogens is 627 g/mol. The number of allylic oxidation sites excluding steroid dienone is 2. The van der Waals surface area contributed by atoms with E-state index < -0.39 is 12.4 Å². The van der Waals surface area contributed by atoms with Crippen LogP contribution in [0.2, 0.25) is 0 Å². The molecule has 0 aromatic heterocycles. The summed E-state index contributed by atoms with van der Waals surface area (Å²) in [6.07, 6.45) is 5.15. The van der Waals surface area contributed by atoms with Crippen LogP contribution >= 0.6 is 7.26 Å². The van der Waals surface area contributed by atoms with Crippen LogP contribution in [0.15, 0.2) is 135 Å². The molecule has 0 saturated heterocycles. The zero-order valence-electron chi connectivity index (χ0n) is 29.2. The first kappa shape index (κ1) is 35.3. The molecule has 0 aliphatic heterocycles. The molecule has 254 valence electrons. The Morgan fingerprint density at radius 1 is 0.592 bits per heavy atom. The fraction of sp³-hybridized carbons (Fsp3) is 0.209. The van der Waals surface area contributed by atoms with Crippen molar-refractivity contribution in [3.05, 3.63) is 146 Å². The van der Waals surface area contributed by atoms with E-state index in [1.807, 2.05) is 66.7 Å². The minimum absolute atomic E-state index is 0.200. The Bertz CT molecular complexity index is 1760. The van der Waals surface area contributed by atoms with Crippen molar-refractivity contribution in [1.29, 1.82) is 0 Å². The molecule has 5 nitrogen and oxygen atoms in total. The fourth-order valence-corrected chi connectivity index (χ4v) is 12.5. The van der Waals surface area contributed by atoms with E-state index in [9.17, 15) is 5.11 Å². The second-order valence-corrected chi connectivity index (χ2v) is 17.4. The molecule has 5 aromatic rings. The molecule has 0 saturated carbocycles. The average molecular weight is 675 g/mol. The molecule has 0 radical (unpaired) electrons. The number of benzene rings is 5. The summed E-state index contributed by atoms with van der Waals surface area (Å²) in [4.78, 5) is 0. The number of ether oxygens (including phenoxy) is 4. The summed E-state index contributed by atoms with van der Waals surface area (Å²) in [6, 6.07) is 37.3. The molecule has 0 bridgehead atoms. The van der Waals surface area contributed by atoms with Crippen LogP contribution in [0.1, 0.15) is 25.0 Å². The molecular formula is C43H47O5P. The summed E-state index contributed by atoms with van der Waals surface area (Å²) in [5, 5.41) is 14.3. The van der Waals surface area contributed by atoms with E-state index >= 15 is 0 Å². The molecule has 0 amide bonds. The Morgan fingerprint density at radius 2 is 1.00 bits per heavy atom. The van der Waals surface area contributed by atoms with Crippen molar-refractivity contribution >= 4 is 23.2 Å². The summed E-state index contributed by atoms with van der Waals surface area (Å²) in [5.74, 6) is 3.30. The van der Waals surface area contributed by atoms with Crippen LogP contribution in [0.3, 0.4) is 0 Å². The van der Waals surface area contributed by atoms with Crippen LogP contribution in [0, 0.1) is 0 Å². The van der Waals surface area contributed by atoms with Crippen molar-refractivity contribution in [2.24, 2.45) is 0 Å². The SMILES string of the molecule is C=CCc1ccc(O)c(-c2cc(CC=C)ccc2OCC(C)(C)[PH](c2ccc(OC)cc2)(c2ccc(OC)cc2)c2ccc(OC)cc2)c1. The third-order valence-electron chi connectivity index (χ3n) is 9.33. The Balaban J connectivity index is 1.70. The molecule has 5 aromatic carbocycles. The maximum absolute atomic E-state index is 11.1. The topological polar surface area (TPSA) is 57.2 Å². The first-order valence-corrected chi connectivity index (χ1v) is 18.4. The van der Waals surface area contributed by atoms with Crippen LogP contribution in [0.5, 0.6) is 28.7 Å². The van der Waals surface area contributed by atoms with Crippen molar-refractivity contribution in [1.82, 2.24) is 0 Å². The van der Waals surface area contributed by atoms with E-state index in [1.54, 1.807) is 27.4 Å². The van der Waals surface area contributed by atoms with E-state index in [4.69, 9.17) is 18.9 Å². The number of hydrogen-bond acceptors (Lipinski definition) is 5. The molecule has 0 aliphatic carbocycles. The van der Waals surface area contributed by atoms with Gasteiger partial charge < -0.3 is 0 Å². The van der Waals surface area contributed by atoms with Gasteiger partial charge in [0.1, 0.15) is 0 Å². The number of phenols is 1. The quantitative estimate of drug-likeness (QED) is 0.0893. The first-order chi connectivity index (χ1) is 23.7. The Kier molecular flexibility index (Phi) is 11.2. The van der Waals surface area contributed by atoms with Gasteiger partial charge in [0.25, 0.3) is 0 Å². The van der Waals surface area contributed by atoms with Crippen LogP contribution in [0.25, 0.3) is 11.1 Å². The number of hydrogen-bond donors (Lipinski definition) is 1. The second-order valence-electron chi connectivity index (χ2n) is 12.8. The molecule has 6 heteroatoms. The van der Waals surface area contributed by atoms with Gasteiger partial charge in [-0.3, -0.25) is 0 Å². The van der Waals surface area contributed by atoms with E-state index in [0.29, 0.717) is 25.2 Å². The molecule has 0 fully saturated rings. The van der Waals surface area contributed by atoms with Gasteiger partial charge in [-0.05, 0) is 0 Å². The molecule has 0 spiro atoms. The normalized spacial score (nSPS) is 11.8. The number of phenolic OH excluding ortho intramolecular Hbond substituents is 1. The number of rotatable bonds is 15. The van der Waals surface area contributed by atoms with Crippen LogP contribution < -0.4 is 34.9 Å². The van der Waals surface area contributed by atoms with Crippen molar-refractivity contribution in [3.63, 3.8) is 0 Å². The Labute approximate surface area is 291 Å². The van der Waals surface area contributed by atoms with Gasteiger partial charge in [0, 0.05) is 0 Å². The summed E-state index contributed by atoms with van der Waals surface area (Å²) >= 11 is 0. The van der Waals surface area contributed by atoms with Gasteiger partial charge in [0.05, 0.1) is 0 Å². The monoisotopic (exact) mass is 674 g/mol. The standard InChI is InChI=1S/C43H47O5P/c1-8-10-31-12-26-41(44)39(28-31)40-29-32(11-9-2)13-27-42(40)48-30-43(3,4)49(36-20-14-33(45-5)15-21-36,37-22-16-34(46-6)17-23-37)38-24-18-35(47-7)19-25-38/h8-9,12-29,44,49H,1-2,10-11,30H2,3-7H3. The van der Waals surface area contributed by atoms with Gasteiger partial charge in [0.15, 0.2) is 0 Å². The number of methoxy groups -OCH3 is 3. The average Bonchev–Trinajstić information content (AvgIpc) is 3.13. The van der Waals surface area contributed by atoms with Crippen LogP contribution in [-0.4, -0.2) is 38.2 Å². The van der Waals surface area contributed by atoms with Gasteiger partial charge in [0.2, 0.25) is 0 Å². The summed E-state index contributed by atoms with van der Waals surface area (Å²) < 4.78 is 23.7. The Morgan fingerprint density at radius 3 is 1.41 bits per heavy atom.